The molecule has 0 spiro atoms. The van der Waals surface area contributed by atoms with Gasteiger partial charge in [0.05, 0.1) is 0 Å². The average molecular weight is 162 g/mol. The molecule has 1 heteroatoms. The van der Waals surface area contributed by atoms with Crippen molar-refractivity contribution in [3.8, 4) is 0 Å². The van der Waals surface area contributed by atoms with Crippen LogP contribution in [-0.4, -0.2) is 0 Å². The van der Waals surface area contributed by atoms with Gasteiger partial charge >= 0.3 is 0 Å². The molecule has 0 aromatic heterocycles. The second-order valence-electron chi connectivity index (χ2n) is 2.97. The molecule has 0 fully saturated rings. The van der Waals surface area contributed by atoms with Crippen molar-refractivity contribution in [3.05, 3.63) is 34.6 Å². The summed E-state index contributed by atoms with van der Waals surface area (Å²) < 4.78 is 0. The Kier molecular flexibility index (Phi) is 1.58. The summed E-state index contributed by atoms with van der Waals surface area (Å²) in [5, 5.41) is 3.02. The summed E-state index contributed by atoms with van der Waals surface area (Å²) in [6.45, 7) is 4.42. The first-order valence-corrected chi connectivity index (χ1v) is 4.82. The van der Waals surface area contributed by atoms with Crippen LogP contribution < -0.4 is 5.30 Å². The standard InChI is InChI=1S/C10H11P/c1-7-6-9-4-3-5-10(11-7)8(9)2/h3-6,11H,1-2H3. The molecule has 2 bridgehead atoms. The lowest BCUT2D eigenvalue weighted by molar-refractivity contribution is 1.46. The molecule has 1 atom stereocenters. The van der Waals surface area contributed by atoms with E-state index in [0.29, 0.717) is 0 Å². The van der Waals surface area contributed by atoms with Gasteiger partial charge in [-0.15, -0.1) is 0 Å². The van der Waals surface area contributed by atoms with E-state index in [1.165, 1.54) is 21.7 Å². The van der Waals surface area contributed by atoms with Crippen LogP contribution in [0.4, 0.5) is 0 Å². The third-order valence-corrected chi connectivity index (χ3v) is 3.43. The van der Waals surface area contributed by atoms with E-state index < -0.39 is 0 Å². The molecule has 0 amide bonds. The lowest BCUT2D eigenvalue weighted by atomic mass is 10.1. The van der Waals surface area contributed by atoms with E-state index in [1.54, 1.807) is 0 Å². The quantitative estimate of drug-likeness (QED) is 0.514. The first-order chi connectivity index (χ1) is 5.27. The minimum atomic E-state index is 0.897. The van der Waals surface area contributed by atoms with Crippen molar-refractivity contribution in [2.45, 2.75) is 13.8 Å². The van der Waals surface area contributed by atoms with Crippen molar-refractivity contribution in [2.75, 3.05) is 0 Å². The van der Waals surface area contributed by atoms with Crippen LogP contribution in [0.2, 0.25) is 0 Å². The second kappa shape index (κ2) is 2.46. The Bertz CT molecular complexity index is 324. The van der Waals surface area contributed by atoms with Gasteiger partial charge in [-0.2, -0.15) is 0 Å². The van der Waals surface area contributed by atoms with Gasteiger partial charge in [-0.25, -0.2) is 0 Å². The molecular weight excluding hydrogens is 151 g/mol. The Hall–Kier alpha value is -0.610. The van der Waals surface area contributed by atoms with E-state index in [0.717, 1.165) is 8.58 Å². The van der Waals surface area contributed by atoms with Gasteiger partial charge in [-0.3, -0.25) is 0 Å². The van der Waals surface area contributed by atoms with E-state index in [4.69, 9.17) is 0 Å². The monoisotopic (exact) mass is 162 g/mol. The molecule has 0 nitrogen and oxygen atoms in total. The minimum absolute atomic E-state index is 0.897. The van der Waals surface area contributed by atoms with Crippen LogP contribution in [0.5, 0.6) is 0 Å². The van der Waals surface area contributed by atoms with Crippen LogP contribution in [0.15, 0.2) is 23.5 Å². The molecule has 1 aromatic carbocycles. The third-order valence-electron chi connectivity index (χ3n) is 2.08. The molecule has 0 saturated heterocycles. The molecule has 0 N–H and O–H groups in total. The number of rotatable bonds is 0. The van der Waals surface area contributed by atoms with Gasteiger partial charge < -0.3 is 0 Å². The van der Waals surface area contributed by atoms with Crippen LogP contribution in [0.25, 0.3) is 6.08 Å². The molecule has 1 unspecified atom stereocenters. The van der Waals surface area contributed by atoms with E-state index in [2.05, 4.69) is 38.1 Å². The van der Waals surface area contributed by atoms with Crippen molar-refractivity contribution >= 4 is 20.0 Å². The highest BCUT2D eigenvalue weighted by atomic mass is 31.1. The number of hydrogen-bond acceptors (Lipinski definition) is 0. The number of hydrogen-bond donors (Lipinski definition) is 0. The Balaban J connectivity index is 2.66. The van der Waals surface area contributed by atoms with Crippen LogP contribution in [-0.2, 0) is 0 Å². The molecule has 2 rings (SSSR count). The van der Waals surface area contributed by atoms with Gasteiger partial charge in [0.1, 0.15) is 0 Å². The van der Waals surface area contributed by atoms with Gasteiger partial charge in [0.25, 0.3) is 0 Å². The average Bonchev–Trinajstić information content (AvgIpc) is 1.92. The number of benzene rings is 1. The summed E-state index contributed by atoms with van der Waals surface area (Å²) in [5.41, 5.74) is 2.87. The normalized spacial score (nSPS) is 16.7. The molecular formula is C10H11P. The molecule has 0 radical (unpaired) electrons. The van der Waals surface area contributed by atoms with Crippen LogP contribution >= 0.6 is 8.58 Å². The first-order valence-electron chi connectivity index (χ1n) is 3.82. The highest BCUT2D eigenvalue weighted by Gasteiger charge is 2.07. The maximum absolute atomic E-state index is 2.29. The first kappa shape index (κ1) is 7.06. The molecule has 0 aliphatic carbocycles. The fourth-order valence-corrected chi connectivity index (χ4v) is 2.59. The minimum Gasteiger partial charge on any atom is -0.0635 e. The van der Waals surface area contributed by atoms with Crippen molar-refractivity contribution in [1.29, 1.82) is 0 Å². The molecule has 11 heavy (non-hydrogen) atoms. The second-order valence-corrected chi connectivity index (χ2v) is 4.55. The molecule has 1 aliphatic heterocycles. The summed E-state index contributed by atoms with van der Waals surface area (Å²) in [7, 11) is 0.897. The van der Waals surface area contributed by atoms with E-state index in [9.17, 15) is 0 Å². The van der Waals surface area contributed by atoms with Gasteiger partial charge in [-0.1, -0.05) is 32.9 Å². The zero-order chi connectivity index (χ0) is 7.84. The maximum Gasteiger partial charge on any atom is -0.0195 e. The molecule has 0 saturated carbocycles. The van der Waals surface area contributed by atoms with Gasteiger partial charge in [0, 0.05) is 0 Å². The zero-order valence-corrected chi connectivity index (χ0v) is 7.81. The van der Waals surface area contributed by atoms with Crippen molar-refractivity contribution < 1.29 is 0 Å². The predicted molar refractivity (Wildman–Crippen MR) is 52.8 cm³/mol. The van der Waals surface area contributed by atoms with E-state index >= 15 is 0 Å². The lowest BCUT2D eigenvalue weighted by Crippen LogP contribution is -2.05. The van der Waals surface area contributed by atoms with Crippen molar-refractivity contribution in [2.24, 2.45) is 0 Å². The van der Waals surface area contributed by atoms with Crippen molar-refractivity contribution in [1.82, 2.24) is 0 Å². The van der Waals surface area contributed by atoms with Crippen LogP contribution in [0.1, 0.15) is 18.1 Å². The topological polar surface area (TPSA) is 0 Å². The summed E-state index contributed by atoms with van der Waals surface area (Å²) >= 11 is 0. The lowest BCUT2D eigenvalue weighted by Gasteiger charge is -2.14. The highest BCUT2D eigenvalue weighted by Crippen LogP contribution is 2.31. The molecule has 56 valence electrons. The smallest absolute Gasteiger partial charge is 0.0195 e. The Labute approximate surface area is 69.1 Å². The molecule has 1 aromatic rings. The van der Waals surface area contributed by atoms with E-state index in [-0.39, 0.29) is 0 Å². The van der Waals surface area contributed by atoms with Crippen LogP contribution in [0.3, 0.4) is 0 Å². The predicted octanol–water partition coefficient (Wildman–Crippen LogP) is 2.67. The Morgan fingerprint density at radius 2 is 2.00 bits per heavy atom. The maximum atomic E-state index is 2.29. The van der Waals surface area contributed by atoms with Gasteiger partial charge in [0.2, 0.25) is 0 Å². The summed E-state index contributed by atoms with van der Waals surface area (Å²) in [5.74, 6) is 0. The van der Waals surface area contributed by atoms with Gasteiger partial charge in [0.15, 0.2) is 0 Å². The fraction of sp³-hybridized carbons (Fsp3) is 0.200. The SMILES string of the molecule is CC1=Cc2cccc(c2C)P1. The third kappa shape index (κ3) is 1.12. The molecule has 1 heterocycles. The molecule has 1 aliphatic rings. The highest BCUT2D eigenvalue weighted by molar-refractivity contribution is 7.52. The summed E-state index contributed by atoms with van der Waals surface area (Å²) in [6.07, 6.45) is 2.29. The van der Waals surface area contributed by atoms with Gasteiger partial charge in [-0.05, 0) is 35.6 Å². The Morgan fingerprint density at radius 1 is 1.18 bits per heavy atom. The van der Waals surface area contributed by atoms with Crippen LogP contribution in [0, 0.1) is 6.92 Å². The number of allylic oxidation sites excluding steroid dienone is 1. The zero-order valence-electron chi connectivity index (χ0n) is 6.81. The Morgan fingerprint density at radius 3 is 2.73 bits per heavy atom. The fourth-order valence-electron chi connectivity index (χ4n) is 1.43. The largest absolute Gasteiger partial charge is 0.0635 e. The summed E-state index contributed by atoms with van der Waals surface area (Å²) in [4.78, 5) is 0. The van der Waals surface area contributed by atoms with Crippen molar-refractivity contribution in [3.63, 3.8) is 0 Å². The number of fused-ring (bicyclic) bond motifs is 2. The summed E-state index contributed by atoms with van der Waals surface area (Å²) in [6, 6.07) is 6.56. The van der Waals surface area contributed by atoms with E-state index in [1.807, 2.05) is 0 Å².